The molecule has 1 amide bonds. The highest BCUT2D eigenvalue weighted by atomic mass is 32.1. The molecule has 2 heterocycles. The van der Waals surface area contributed by atoms with Crippen molar-refractivity contribution in [3.8, 4) is 5.88 Å². The molecule has 0 aliphatic heterocycles. The standard InChI is InChI=1S/C20H17FN2O2S/c1-25-19-9-6-15(12-22-19)13-23-20(24)17(18-3-2-10-26-18)11-14-4-7-16(21)8-5-14/h2-12H,13H2,1H3,(H,23,24)/b17-11+. The third-order valence-corrected chi connectivity index (χ3v) is 4.58. The minimum atomic E-state index is -0.309. The third-order valence-electron chi connectivity index (χ3n) is 3.67. The number of aromatic nitrogens is 1. The normalized spacial score (nSPS) is 11.2. The lowest BCUT2D eigenvalue weighted by Crippen LogP contribution is -2.23. The second kappa shape index (κ2) is 8.40. The second-order valence-electron chi connectivity index (χ2n) is 5.48. The first-order valence-electron chi connectivity index (χ1n) is 7.94. The molecule has 6 heteroatoms. The Morgan fingerprint density at radius 2 is 2.04 bits per heavy atom. The number of nitrogens with zero attached hydrogens (tertiary/aromatic N) is 1. The maximum atomic E-state index is 13.1. The van der Waals surface area contributed by atoms with Gasteiger partial charge in [-0.3, -0.25) is 4.79 Å². The van der Waals surface area contributed by atoms with E-state index in [-0.39, 0.29) is 11.7 Å². The van der Waals surface area contributed by atoms with Gasteiger partial charge in [0.25, 0.3) is 5.91 Å². The van der Waals surface area contributed by atoms with E-state index in [0.29, 0.717) is 18.0 Å². The molecule has 0 atom stereocenters. The Hall–Kier alpha value is -2.99. The molecule has 4 nitrogen and oxygen atoms in total. The fourth-order valence-electron chi connectivity index (χ4n) is 2.32. The van der Waals surface area contributed by atoms with Crippen molar-refractivity contribution in [1.29, 1.82) is 0 Å². The summed E-state index contributed by atoms with van der Waals surface area (Å²) in [6, 6.07) is 13.4. The molecule has 3 rings (SSSR count). The van der Waals surface area contributed by atoms with Crippen molar-refractivity contribution < 1.29 is 13.9 Å². The molecule has 0 radical (unpaired) electrons. The van der Waals surface area contributed by atoms with Gasteiger partial charge in [-0.15, -0.1) is 11.3 Å². The Balaban J connectivity index is 1.77. The van der Waals surface area contributed by atoms with Crippen LogP contribution in [-0.2, 0) is 11.3 Å². The van der Waals surface area contributed by atoms with Crippen molar-refractivity contribution in [3.05, 3.63) is 81.9 Å². The molecule has 0 aliphatic rings. The van der Waals surface area contributed by atoms with Crippen molar-refractivity contribution in [1.82, 2.24) is 10.3 Å². The van der Waals surface area contributed by atoms with E-state index in [0.717, 1.165) is 16.0 Å². The van der Waals surface area contributed by atoms with Gasteiger partial charge < -0.3 is 10.1 Å². The molecule has 26 heavy (non-hydrogen) atoms. The molecule has 0 fully saturated rings. The number of methoxy groups -OCH3 is 1. The zero-order valence-electron chi connectivity index (χ0n) is 14.1. The van der Waals surface area contributed by atoms with Crippen LogP contribution in [0.4, 0.5) is 4.39 Å². The molecule has 0 aliphatic carbocycles. The molecule has 0 unspecified atom stereocenters. The predicted molar refractivity (Wildman–Crippen MR) is 101 cm³/mol. The van der Waals surface area contributed by atoms with Crippen LogP contribution in [0.25, 0.3) is 11.6 Å². The van der Waals surface area contributed by atoms with Crippen LogP contribution < -0.4 is 10.1 Å². The van der Waals surface area contributed by atoms with E-state index >= 15 is 0 Å². The molecule has 1 aromatic carbocycles. The van der Waals surface area contributed by atoms with E-state index in [1.165, 1.54) is 23.5 Å². The summed E-state index contributed by atoms with van der Waals surface area (Å²) in [6.07, 6.45) is 3.42. The van der Waals surface area contributed by atoms with Crippen LogP contribution in [0.2, 0.25) is 0 Å². The number of hydrogen-bond donors (Lipinski definition) is 1. The zero-order valence-corrected chi connectivity index (χ0v) is 14.9. The molecule has 2 aromatic heterocycles. The molecule has 0 bridgehead atoms. The van der Waals surface area contributed by atoms with Crippen LogP contribution >= 0.6 is 11.3 Å². The number of hydrogen-bond acceptors (Lipinski definition) is 4. The largest absolute Gasteiger partial charge is 0.481 e. The van der Waals surface area contributed by atoms with E-state index < -0.39 is 0 Å². The molecular weight excluding hydrogens is 351 g/mol. The van der Waals surface area contributed by atoms with Gasteiger partial charge >= 0.3 is 0 Å². The van der Waals surface area contributed by atoms with Crippen LogP contribution in [0.1, 0.15) is 16.0 Å². The number of benzene rings is 1. The highest BCUT2D eigenvalue weighted by Crippen LogP contribution is 2.23. The fourth-order valence-corrected chi connectivity index (χ4v) is 3.06. The first-order chi connectivity index (χ1) is 12.7. The Morgan fingerprint density at radius 1 is 1.23 bits per heavy atom. The third kappa shape index (κ3) is 4.55. The summed E-state index contributed by atoms with van der Waals surface area (Å²) in [4.78, 5) is 17.7. The first-order valence-corrected chi connectivity index (χ1v) is 8.82. The Bertz CT molecular complexity index is 889. The zero-order chi connectivity index (χ0) is 18.4. The molecule has 0 spiro atoms. The van der Waals surface area contributed by atoms with Gasteiger partial charge in [-0.1, -0.05) is 24.3 Å². The summed E-state index contributed by atoms with van der Waals surface area (Å²) in [7, 11) is 1.55. The van der Waals surface area contributed by atoms with E-state index in [4.69, 9.17) is 4.74 Å². The molecule has 132 valence electrons. The molecule has 0 saturated carbocycles. The Labute approximate surface area is 155 Å². The van der Waals surface area contributed by atoms with Crippen LogP contribution in [0.15, 0.2) is 60.1 Å². The van der Waals surface area contributed by atoms with Crippen molar-refractivity contribution in [2.75, 3.05) is 7.11 Å². The fraction of sp³-hybridized carbons (Fsp3) is 0.100. The first kappa shape index (κ1) is 17.8. The number of rotatable bonds is 6. The number of pyridine rings is 1. The van der Waals surface area contributed by atoms with Gasteiger partial charge in [-0.25, -0.2) is 9.37 Å². The number of ether oxygens (including phenoxy) is 1. The summed E-state index contributed by atoms with van der Waals surface area (Å²) < 4.78 is 18.1. The van der Waals surface area contributed by atoms with Gasteiger partial charge in [-0.2, -0.15) is 0 Å². The lowest BCUT2D eigenvalue weighted by Gasteiger charge is -2.09. The number of nitrogens with one attached hydrogen (secondary N) is 1. The van der Waals surface area contributed by atoms with Gasteiger partial charge in [0.2, 0.25) is 5.88 Å². The number of halogens is 1. The van der Waals surface area contributed by atoms with Crippen molar-refractivity contribution in [3.63, 3.8) is 0 Å². The predicted octanol–water partition coefficient (Wildman–Crippen LogP) is 4.15. The molecule has 1 N–H and O–H groups in total. The lowest BCUT2D eigenvalue weighted by atomic mass is 10.1. The quantitative estimate of drug-likeness (QED) is 0.665. The summed E-state index contributed by atoms with van der Waals surface area (Å²) in [6.45, 7) is 0.349. The van der Waals surface area contributed by atoms with Crippen molar-refractivity contribution in [2.45, 2.75) is 6.54 Å². The molecular formula is C20H17FN2O2S. The molecule has 0 saturated heterocycles. The van der Waals surface area contributed by atoms with Gasteiger partial charge in [0.15, 0.2) is 0 Å². The summed E-state index contributed by atoms with van der Waals surface area (Å²) in [5, 5.41) is 4.81. The minimum absolute atomic E-state index is 0.201. The molecule has 3 aromatic rings. The topological polar surface area (TPSA) is 51.2 Å². The van der Waals surface area contributed by atoms with E-state index in [1.807, 2.05) is 23.6 Å². The maximum absolute atomic E-state index is 13.1. The van der Waals surface area contributed by atoms with Crippen LogP contribution in [0.5, 0.6) is 5.88 Å². The maximum Gasteiger partial charge on any atom is 0.253 e. The number of thiophene rings is 1. The van der Waals surface area contributed by atoms with Crippen LogP contribution in [0.3, 0.4) is 0 Å². The van der Waals surface area contributed by atoms with Gasteiger partial charge in [0.05, 0.1) is 12.7 Å². The summed E-state index contributed by atoms with van der Waals surface area (Å²) in [5.74, 6) is 0.0134. The lowest BCUT2D eigenvalue weighted by molar-refractivity contribution is -0.115. The van der Waals surface area contributed by atoms with E-state index in [2.05, 4.69) is 10.3 Å². The average Bonchev–Trinajstić information content (AvgIpc) is 3.20. The Morgan fingerprint density at radius 3 is 2.65 bits per heavy atom. The Kier molecular flexibility index (Phi) is 5.76. The number of carbonyl (C=O) groups is 1. The van der Waals surface area contributed by atoms with Gasteiger partial charge in [0.1, 0.15) is 5.82 Å². The smallest absolute Gasteiger partial charge is 0.253 e. The summed E-state index contributed by atoms with van der Waals surface area (Å²) in [5.41, 5.74) is 2.16. The summed E-state index contributed by atoms with van der Waals surface area (Å²) >= 11 is 1.48. The van der Waals surface area contributed by atoms with Gasteiger partial charge in [0, 0.05) is 23.7 Å². The van der Waals surface area contributed by atoms with Crippen molar-refractivity contribution in [2.24, 2.45) is 0 Å². The van der Waals surface area contributed by atoms with Gasteiger partial charge in [-0.05, 0) is 40.8 Å². The van der Waals surface area contributed by atoms with E-state index in [1.54, 1.807) is 37.6 Å². The number of amides is 1. The highest BCUT2D eigenvalue weighted by Gasteiger charge is 2.13. The monoisotopic (exact) mass is 368 g/mol. The second-order valence-corrected chi connectivity index (χ2v) is 6.43. The van der Waals surface area contributed by atoms with Crippen LogP contribution in [-0.4, -0.2) is 18.0 Å². The number of carbonyl (C=O) groups excluding carboxylic acids is 1. The van der Waals surface area contributed by atoms with E-state index in [9.17, 15) is 9.18 Å². The minimum Gasteiger partial charge on any atom is -0.481 e. The average molecular weight is 368 g/mol. The highest BCUT2D eigenvalue weighted by molar-refractivity contribution is 7.11. The van der Waals surface area contributed by atoms with Crippen molar-refractivity contribution >= 4 is 28.9 Å². The SMILES string of the molecule is COc1ccc(CNC(=O)/C(=C/c2ccc(F)cc2)c2cccs2)cn1. The van der Waals surface area contributed by atoms with Crippen LogP contribution in [0, 0.1) is 5.82 Å².